The summed E-state index contributed by atoms with van der Waals surface area (Å²) in [5.41, 5.74) is 2.27. The molecule has 10 heteroatoms. The van der Waals surface area contributed by atoms with E-state index in [2.05, 4.69) is 15.6 Å². The topological polar surface area (TPSA) is 124 Å². The minimum atomic E-state index is -1.17. The van der Waals surface area contributed by atoms with Gasteiger partial charge in [0.1, 0.15) is 17.1 Å². The fourth-order valence-corrected chi connectivity index (χ4v) is 4.91. The Hall–Kier alpha value is -2.98. The highest BCUT2D eigenvalue weighted by Crippen LogP contribution is 2.40. The molecule has 2 amide bonds. The molecule has 0 saturated carbocycles. The minimum absolute atomic E-state index is 0.000431. The number of methoxy groups -OCH3 is 1. The first-order chi connectivity index (χ1) is 14.0. The van der Waals surface area contributed by atoms with Crippen molar-refractivity contribution in [2.45, 2.75) is 11.4 Å². The van der Waals surface area contributed by atoms with Gasteiger partial charge in [-0.3, -0.25) is 14.5 Å². The molecule has 4 N–H and O–H groups in total. The first-order valence-electron chi connectivity index (χ1n) is 8.99. The Balaban J connectivity index is 1.39. The maximum Gasteiger partial charge on any atom is 0.352 e. The van der Waals surface area contributed by atoms with E-state index in [9.17, 15) is 19.5 Å². The number of hydrogen-bond donors (Lipinski definition) is 4. The molecule has 9 nitrogen and oxygen atoms in total. The zero-order valence-corrected chi connectivity index (χ0v) is 16.4. The molecule has 0 radical (unpaired) electrons. The average molecular weight is 416 g/mol. The summed E-state index contributed by atoms with van der Waals surface area (Å²) < 4.78 is 5.04. The fourth-order valence-electron chi connectivity index (χ4n) is 3.59. The Bertz CT molecular complexity index is 1020. The maximum atomic E-state index is 12.5. The summed E-state index contributed by atoms with van der Waals surface area (Å²) in [6.45, 7) is 0.149. The smallest absolute Gasteiger partial charge is 0.352 e. The number of rotatable bonds is 7. The lowest BCUT2D eigenvalue weighted by Gasteiger charge is -2.49. The van der Waals surface area contributed by atoms with Crippen LogP contribution in [0.25, 0.3) is 10.9 Å². The average Bonchev–Trinajstić information content (AvgIpc) is 3.13. The second-order valence-electron chi connectivity index (χ2n) is 6.75. The number of nitrogens with one attached hydrogen (secondary N) is 3. The van der Waals surface area contributed by atoms with Gasteiger partial charge in [0.2, 0.25) is 5.91 Å². The van der Waals surface area contributed by atoms with Crippen molar-refractivity contribution in [1.82, 2.24) is 15.2 Å². The van der Waals surface area contributed by atoms with Gasteiger partial charge in [0.25, 0.3) is 5.91 Å². The quantitative estimate of drug-likeness (QED) is 0.496. The van der Waals surface area contributed by atoms with Crippen LogP contribution in [0.1, 0.15) is 0 Å². The van der Waals surface area contributed by atoms with E-state index in [1.807, 2.05) is 24.3 Å². The molecule has 2 aliphatic heterocycles. The third-order valence-electron chi connectivity index (χ3n) is 4.91. The van der Waals surface area contributed by atoms with Gasteiger partial charge < -0.3 is 25.5 Å². The summed E-state index contributed by atoms with van der Waals surface area (Å²) in [6.07, 6.45) is 1.78. The van der Waals surface area contributed by atoms with Crippen LogP contribution in [0.3, 0.4) is 0 Å². The molecule has 152 valence electrons. The normalized spacial score (nSPS) is 21.0. The lowest BCUT2D eigenvalue weighted by molar-refractivity contribution is -0.150. The fraction of sp³-hybridized carbons (Fsp3) is 0.316. The number of nitrogens with zero attached hydrogens (tertiary/aromatic N) is 1. The third kappa shape index (κ3) is 3.45. The number of H-pyrrole nitrogens is 1. The van der Waals surface area contributed by atoms with Crippen LogP contribution in [0, 0.1) is 0 Å². The molecule has 0 bridgehead atoms. The van der Waals surface area contributed by atoms with Crippen molar-refractivity contribution in [2.75, 3.05) is 31.3 Å². The predicted molar refractivity (Wildman–Crippen MR) is 108 cm³/mol. The number of para-hydroxylation sites is 1. The van der Waals surface area contributed by atoms with E-state index < -0.39 is 23.3 Å². The van der Waals surface area contributed by atoms with Gasteiger partial charge in [-0.15, -0.1) is 11.8 Å². The molecule has 1 saturated heterocycles. The Morgan fingerprint density at radius 3 is 2.93 bits per heavy atom. The highest BCUT2D eigenvalue weighted by Gasteiger charge is 2.54. The van der Waals surface area contributed by atoms with Crippen LogP contribution in [-0.2, 0) is 19.1 Å². The molecule has 0 aliphatic carbocycles. The monoisotopic (exact) mass is 416 g/mol. The zero-order chi connectivity index (χ0) is 20.5. The summed E-state index contributed by atoms with van der Waals surface area (Å²) in [7, 11) is 1.48. The van der Waals surface area contributed by atoms with Crippen LogP contribution in [0.4, 0.5) is 5.69 Å². The second-order valence-corrected chi connectivity index (χ2v) is 7.85. The Kier molecular flexibility index (Phi) is 5.20. The number of aliphatic carboxylic acids is 1. The molecule has 1 aromatic carbocycles. The van der Waals surface area contributed by atoms with Crippen LogP contribution in [0.2, 0.25) is 0 Å². The van der Waals surface area contributed by atoms with E-state index in [4.69, 9.17) is 4.74 Å². The van der Waals surface area contributed by atoms with E-state index in [0.29, 0.717) is 11.3 Å². The number of ether oxygens (including phenoxy) is 1. The highest BCUT2D eigenvalue weighted by atomic mass is 32.2. The summed E-state index contributed by atoms with van der Waals surface area (Å²) in [5, 5.41) is 15.8. The molecule has 2 aromatic rings. The Labute approximate surface area is 170 Å². The number of carboxylic acid groups (broad SMARTS) is 1. The zero-order valence-electron chi connectivity index (χ0n) is 15.6. The summed E-state index contributed by atoms with van der Waals surface area (Å²) in [6, 6.07) is 6.97. The molecule has 1 fully saturated rings. The standard InChI is InChI=1S/C19H20N4O5S/c1-28-8-10-9-29-18-15(17(25)23(18)16(10)19(26)27)22-14(24)7-21-13-6-20-12-5-3-2-4-11(12)13/h2-6,15,18,20-21H,7-9H2,1H3,(H,22,24)(H,26,27)/t15?,18-/m0/s1. The molecule has 29 heavy (non-hydrogen) atoms. The number of β-lactam (4-membered cyclic amide) rings is 1. The summed E-state index contributed by atoms with van der Waals surface area (Å²) in [4.78, 5) is 40.9. The molecular formula is C19H20N4O5S. The minimum Gasteiger partial charge on any atom is -0.477 e. The number of benzene rings is 1. The number of carboxylic acids is 1. The third-order valence-corrected chi connectivity index (χ3v) is 6.25. The Morgan fingerprint density at radius 2 is 2.17 bits per heavy atom. The predicted octanol–water partition coefficient (Wildman–Crippen LogP) is 0.965. The van der Waals surface area contributed by atoms with Crippen molar-refractivity contribution in [3.63, 3.8) is 0 Å². The van der Waals surface area contributed by atoms with Crippen molar-refractivity contribution in [1.29, 1.82) is 0 Å². The van der Waals surface area contributed by atoms with Crippen LogP contribution in [0.5, 0.6) is 0 Å². The first kappa shape index (κ1) is 19.3. The number of thioether (sulfide) groups is 1. The van der Waals surface area contributed by atoms with E-state index in [-0.39, 0.29) is 24.8 Å². The van der Waals surface area contributed by atoms with Crippen molar-refractivity contribution in [3.8, 4) is 0 Å². The molecule has 1 aromatic heterocycles. The van der Waals surface area contributed by atoms with E-state index >= 15 is 0 Å². The molecule has 0 spiro atoms. The largest absolute Gasteiger partial charge is 0.477 e. The first-order valence-corrected chi connectivity index (χ1v) is 10.0. The van der Waals surface area contributed by atoms with Crippen LogP contribution >= 0.6 is 11.8 Å². The van der Waals surface area contributed by atoms with Crippen LogP contribution in [-0.4, -0.2) is 70.2 Å². The van der Waals surface area contributed by atoms with Gasteiger partial charge in [0.05, 0.1) is 18.8 Å². The summed E-state index contributed by atoms with van der Waals surface area (Å²) >= 11 is 1.42. The second kappa shape index (κ2) is 7.80. The van der Waals surface area contributed by atoms with Crippen molar-refractivity contribution < 1.29 is 24.2 Å². The van der Waals surface area contributed by atoms with Crippen molar-refractivity contribution >= 4 is 46.1 Å². The molecule has 2 atom stereocenters. The number of aromatic nitrogens is 1. The lowest BCUT2D eigenvalue weighted by Crippen LogP contribution is -2.71. The Morgan fingerprint density at radius 1 is 1.38 bits per heavy atom. The van der Waals surface area contributed by atoms with Gasteiger partial charge in [0, 0.05) is 30.0 Å². The molecule has 1 unspecified atom stereocenters. The number of amides is 2. The molecule has 2 aliphatic rings. The van der Waals surface area contributed by atoms with Gasteiger partial charge in [-0.2, -0.15) is 0 Å². The van der Waals surface area contributed by atoms with Gasteiger partial charge in [0.15, 0.2) is 0 Å². The van der Waals surface area contributed by atoms with Gasteiger partial charge >= 0.3 is 5.97 Å². The summed E-state index contributed by atoms with van der Waals surface area (Å²) in [5.74, 6) is -1.49. The van der Waals surface area contributed by atoms with E-state index in [1.54, 1.807) is 6.20 Å². The lowest BCUT2D eigenvalue weighted by atomic mass is 10.0. The SMILES string of the molecule is COCC1=C(C(=O)O)N2C(=O)C(NC(=O)CNc3c[nH]c4ccccc34)[C@@H]2SC1. The van der Waals surface area contributed by atoms with Gasteiger partial charge in [-0.25, -0.2) is 4.79 Å². The number of hydrogen-bond acceptors (Lipinski definition) is 6. The van der Waals surface area contributed by atoms with Crippen LogP contribution < -0.4 is 10.6 Å². The van der Waals surface area contributed by atoms with Crippen molar-refractivity contribution in [3.05, 3.63) is 41.7 Å². The van der Waals surface area contributed by atoms with Gasteiger partial charge in [-0.05, 0) is 11.6 Å². The number of carbonyl (C=O) groups is 3. The van der Waals surface area contributed by atoms with E-state index in [1.165, 1.54) is 23.8 Å². The molecule has 3 heterocycles. The van der Waals surface area contributed by atoms with Crippen LogP contribution in [0.15, 0.2) is 41.7 Å². The van der Waals surface area contributed by atoms with Gasteiger partial charge in [-0.1, -0.05) is 18.2 Å². The number of aromatic amines is 1. The number of fused-ring (bicyclic) bond motifs is 2. The highest BCUT2D eigenvalue weighted by molar-refractivity contribution is 8.00. The maximum absolute atomic E-state index is 12.5. The number of anilines is 1. The molecular weight excluding hydrogens is 396 g/mol. The number of carbonyl (C=O) groups excluding carboxylic acids is 2. The van der Waals surface area contributed by atoms with E-state index in [0.717, 1.165) is 16.6 Å². The van der Waals surface area contributed by atoms with Crippen molar-refractivity contribution in [2.24, 2.45) is 0 Å². The molecule has 4 rings (SSSR count).